The first-order valence-electron chi connectivity index (χ1n) is 6.24. The maximum Gasteiger partial charge on any atom is 0.0260 e. The highest BCUT2D eigenvalue weighted by atomic mass is 15.2. The molecule has 2 saturated heterocycles. The lowest BCUT2D eigenvalue weighted by molar-refractivity contribution is 0.157. The van der Waals surface area contributed by atoms with Crippen LogP contribution >= 0.6 is 0 Å². The first kappa shape index (κ1) is 14.9. The lowest BCUT2D eigenvalue weighted by Gasteiger charge is -2.33. The minimum Gasteiger partial charge on any atom is -0.333 e. The molecule has 0 amide bonds. The van der Waals surface area contributed by atoms with Crippen LogP contribution in [-0.2, 0) is 0 Å². The van der Waals surface area contributed by atoms with Gasteiger partial charge in [-0.3, -0.25) is 0 Å². The standard InChI is InChI=1S/C9H18N2.C2H6.CH5N/c1-10-6-8-4-3-5-11(2)9(8)7-10;2*1-2/h8-9H,3-7H2,1-2H3;1-2H3;2H2,1H3. The third-order valence-corrected chi connectivity index (χ3v) is 3.24. The average Bonchev–Trinajstić information content (AvgIpc) is 2.66. The van der Waals surface area contributed by atoms with Crippen LogP contribution < -0.4 is 5.73 Å². The van der Waals surface area contributed by atoms with Crippen LogP contribution in [0.3, 0.4) is 0 Å². The fraction of sp³-hybridized carbons (Fsp3) is 1.00. The highest BCUT2D eigenvalue weighted by Gasteiger charge is 2.35. The molecule has 3 nitrogen and oxygen atoms in total. The van der Waals surface area contributed by atoms with Gasteiger partial charge in [-0.1, -0.05) is 13.8 Å². The zero-order valence-electron chi connectivity index (χ0n) is 11.2. The van der Waals surface area contributed by atoms with Gasteiger partial charge in [-0.25, -0.2) is 0 Å². The molecular weight excluding hydrogens is 186 g/mol. The van der Waals surface area contributed by atoms with Crippen molar-refractivity contribution in [2.24, 2.45) is 11.7 Å². The maximum atomic E-state index is 4.50. The monoisotopic (exact) mass is 215 g/mol. The summed E-state index contributed by atoms with van der Waals surface area (Å²) in [4.78, 5) is 5.01. The Labute approximate surface area is 95.6 Å². The Balaban J connectivity index is 0.000000442. The second-order valence-electron chi connectivity index (χ2n) is 4.17. The summed E-state index contributed by atoms with van der Waals surface area (Å²) in [5.41, 5.74) is 4.50. The Morgan fingerprint density at radius 3 is 2.20 bits per heavy atom. The number of nitrogens with zero attached hydrogens (tertiary/aromatic N) is 2. The van der Waals surface area contributed by atoms with Crippen molar-refractivity contribution in [1.82, 2.24) is 9.80 Å². The summed E-state index contributed by atoms with van der Waals surface area (Å²) in [7, 11) is 6.02. The van der Waals surface area contributed by atoms with E-state index in [1.807, 2.05) is 13.8 Å². The van der Waals surface area contributed by atoms with E-state index >= 15 is 0 Å². The Morgan fingerprint density at radius 2 is 1.67 bits per heavy atom. The number of hydrogen-bond acceptors (Lipinski definition) is 3. The Morgan fingerprint density at radius 1 is 1.07 bits per heavy atom. The summed E-state index contributed by atoms with van der Waals surface area (Å²) in [5, 5.41) is 0. The van der Waals surface area contributed by atoms with Gasteiger partial charge in [-0.15, -0.1) is 0 Å². The van der Waals surface area contributed by atoms with Crippen molar-refractivity contribution in [2.45, 2.75) is 32.7 Å². The van der Waals surface area contributed by atoms with Crippen molar-refractivity contribution < 1.29 is 0 Å². The van der Waals surface area contributed by atoms with Crippen molar-refractivity contribution in [3.63, 3.8) is 0 Å². The molecule has 0 aromatic rings. The van der Waals surface area contributed by atoms with Crippen LogP contribution in [0.4, 0.5) is 0 Å². The van der Waals surface area contributed by atoms with E-state index in [-0.39, 0.29) is 0 Å². The summed E-state index contributed by atoms with van der Waals surface area (Å²) in [6.45, 7) is 7.94. The second-order valence-corrected chi connectivity index (χ2v) is 4.17. The summed E-state index contributed by atoms with van der Waals surface area (Å²) < 4.78 is 0. The largest absolute Gasteiger partial charge is 0.333 e. The quantitative estimate of drug-likeness (QED) is 0.660. The van der Waals surface area contributed by atoms with Crippen LogP contribution in [-0.4, -0.2) is 56.6 Å². The van der Waals surface area contributed by atoms with Gasteiger partial charge in [-0.05, 0) is 46.4 Å². The first-order valence-corrected chi connectivity index (χ1v) is 6.24. The van der Waals surface area contributed by atoms with Gasteiger partial charge in [0.1, 0.15) is 0 Å². The molecule has 0 bridgehead atoms. The van der Waals surface area contributed by atoms with Crippen LogP contribution in [0.2, 0.25) is 0 Å². The van der Waals surface area contributed by atoms with E-state index in [1.54, 1.807) is 0 Å². The molecule has 2 aliphatic heterocycles. The Bertz CT molecular complexity index is 150. The van der Waals surface area contributed by atoms with Crippen molar-refractivity contribution in [3.05, 3.63) is 0 Å². The zero-order chi connectivity index (χ0) is 11.8. The predicted octanol–water partition coefficient (Wildman–Crippen LogP) is 1.24. The fourth-order valence-electron chi connectivity index (χ4n) is 2.62. The third-order valence-electron chi connectivity index (χ3n) is 3.24. The van der Waals surface area contributed by atoms with E-state index in [0.29, 0.717) is 0 Å². The average molecular weight is 215 g/mol. The SMILES string of the molecule is CC.CN.CN1CC2CCCN(C)C2C1. The molecule has 0 radical (unpaired) electrons. The normalized spacial score (nSPS) is 30.8. The molecule has 0 aromatic carbocycles. The number of piperidine rings is 1. The lowest BCUT2D eigenvalue weighted by atomic mass is 9.93. The second kappa shape index (κ2) is 8.08. The molecule has 15 heavy (non-hydrogen) atoms. The van der Waals surface area contributed by atoms with Crippen LogP contribution in [0.5, 0.6) is 0 Å². The van der Waals surface area contributed by atoms with E-state index in [2.05, 4.69) is 29.6 Å². The topological polar surface area (TPSA) is 32.5 Å². The van der Waals surface area contributed by atoms with Crippen molar-refractivity contribution in [1.29, 1.82) is 0 Å². The van der Waals surface area contributed by atoms with Crippen LogP contribution in [0.1, 0.15) is 26.7 Å². The number of likely N-dealkylation sites (tertiary alicyclic amines) is 2. The van der Waals surface area contributed by atoms with Gasteiger partial charge in [0.25, 0.3) is 0 Å². The number of hydrogen-bond donors (Lipinski definition) is 1. The molecule has 0 aromatic heterocycles. The summed E-state index contributed by atoms with van der Waals surface area (Å²) in [5.74, 6) is 0.971. The van der Waals surface area contributed by atoms with Gasteiger partial charge in [0.05, 0.1) is 0 Å². The minimum absolute atomic E-state index is 0.869. The van der Waals surface area contributed by atoms with E-state index in [4.69, 9.17) is 0 Å². The van der Waals surface area contributed by atoms with Crippen LogP contribution in [0.25, 0.3) is 0 Å². The number of rotatable bonds is 0. The van der Waals surface area contributed by atoms with E-state index in [0.717, 1.165) is 12.0 Å². The molecule has 0 spiro atoms. The molecule has 2 fully saturated rings. The summed E-state index contributed by atoms with van der Waals surface area (Å²) in [6, 6.07) is 0.869. The van der Waals surface area contributed by atoms with Gasteiger partial charge in [0.2, 0.25) is 0 Å². The number of likely N-dealkylation sites (N-methyl/N-ethyl adjacent to an activating group) is 2. The van der Waals surface area contributed by atoms with Crippen molar-refractivity contribution in [2.75, 3.05) is 40.8 Å². The minimum atomic E-state index is 0.869. The van der Waals surface area contributed by atoms with E-state index in [1.165, 1.54) is 39.5 Å². The van der Waals surface area contributed by atoms with Crippen LogP contribution in [0.15, 0.2) is 0 Å². The summed E-state index contributed by atoms with van der Waals surface area (Å²) >= 11 is 0. The number of fused-ring (bicyclic) bond motifs is 1. The predicted molar refractivity (Wildman–Crippen MR) is 68.1 cm³/mol. The Hall–Kier alpha value is -0.120. The zero-order valence-corrected chi connectivity index (χ0v) is 11.2. The molecule has 2 atom stereocenters. The lowest BCUT2D eigenvalue weighted by Crippen LogP contribution is -2.42. The third kappa shape index (κ3) is 4.09. The molecule has 92 valence electrons. The molecule has 2 aliphatic rings. The van der Waals surface area contributed by atoms with Gasteiger partial charge in [-0.2, -0.15) is 0 Å². The van der Waals surface area contributed by atoms with Gasteiger partial charge >= 0.3 is 0 Å². The molecule has 0 saturated carbocycles. The molecular formula is C12H29N3. The molecule has 2 unspecified atom stereocenters. The Kier molecular flexibility index (Phi) is 8.02. The molecule has 2 heterocycles. The first-order chi connectivity index (χ1) is 7.27. The van der Waals surface area contributed by atoms with Gasteiger partial charge in [0, 0.05) is 19.1 Å². The summed E-state index contributed by atoms with van der Waals surface area (Å²) in [6.07, 6.45) is 2.87. The van der Waals surface area contributed by atoms with Crippen LogP contribution in [0, 0.1) is 5.92 Å². The number of nitrogens with two attached hydrogens (primary N) is 1. The van der Waals surface area contributed by atoms with E-state index < -0.39 is 0 Å². The van der Waals surface area contributed by atoms with Crippen molar-refractivity contribution >= 4 is 0 Å². The molecule has 2 rings (SSSR count). The highest BCUT2D eigenvalue weighted by Crippen LogP contribution is 2.28. The molecule has 2 N–H and O–H groups in total. The van der Waals surface area contributed by atoms with Gasteiger partial charge < -0.3 is 15.5 Å². The van der Waals surface area contributed by atoms with E-state index in [9.17, 15) is 0 Å². The molecule has 3 heteroatoms. The highest BCUT2D eigenvalue weighted by molar-refractivity contribution is 4.91. The smallest absolute Gasteiger partial charge is 0.0260 e. The fourth-order valence-corrected chi connectivity index (χ4v) is 2.62. The molecule has 0 aliphatic carbocycles. The van der Waals surface area contributed by atoms with Gasteiger partial charge in [0.15, 0.2) is 0 Å². The maximum absolute atomic E-state index is 4.50. The van der Waals surface area contributed by atoms with Crippen molar-refractivity contribution in [3.8, 4) is 0 Å².